The third-order valence-corrected chi connectivity index (χ3v) is 3.60. The van der Waals surface area contributed by atoms with Crippen LogP contribution in [0.4, 0.5) is 5.82 Å². The lowest BCUT2D eigenvalue weighted by molar-refractivity contribution is 0.0766. The van der Waals surface area contributed by atoms with Gasteiger partial charge in [-0.05, 0) is 0 Å². The molecule has 2 aromatic heterocycles. The summed E-state index contributed by atoms with van der Waals surface area (Å²) in [6, 6.07) is 0. The van der Waals surface area contributed by atoms with Crippen LogP contribution < -0.4 is 15.3 Å². The molecule has 1 atom stereocenters. The van der Waals surface area contributed by atoms with Crippen molar-refractivity contribution in [3.63, 3.8) is 0 Å². The molecule has 122 valence electrons. The number of hydrogen-bond acceptors (Lipinski definition) is 6. The number of aromatic nitrogens is 4. The Morgan fingerprint density at radius 1 is 1.43 bits per heavy atom. The van der Waals surface area contributed by atoms with Crippen molar-refractivity contribution in [3.05, 3.63) is 34.8 Å². The summed E-state index contributed by atoms with van der Waals surface area (Å²) < 4.78 is 5.81. The van der Waals surface area contributed by atoms with E-state index >= 15 is 0 Å². The lowest BCUT2D eigenvalue weighted by atomic mass is 10.3. The van der Waals surface area contributed by atoms with Gasteiger partial charge in [-0.3, -0.25) is 9.78 Å². The van der Waals surface area contributed by atoms with Crippen LogP contribution in [-0.2, 0) is 0 Å². The zero-order valence-corrected chi connectivity index (χ0v) is 12.9. The molecule has 0 spiro atoms. The molecule has 0 bridgehead atoms. The van der Waals surface area contributed by atoms with Crippen LogP contribution in [0.1, 0.15) is 16.9 Å². The quantitative estimate of drug-likeness (QED) is 0.812. The minimum atomic E-state index is -0.392. The number of carbonyl (C=O) groups excluding carboxylic acids is 1. The highest BCUT2D eigenvalue weighted by Gasteiger charge is 2.29. The zero-order chi connectivity index (χ0) is 16.4. The van der Waals surface area contributed by atoms with Gasteiger partial charge in [-0.15, -0.1) is 0 Å². The summed E-state index contributed by atoms with van der Waals surface area (Å²) >= 11 is 0. The SMILES string of the molecule is CN(C)c1cncc(O[C@H]2CCN(C(=O)c3c[nH]c(=O)[nH]3)C2)n1. The third-order valence-electron chi connectivity index (χ3n) is 3.60. The Balaban J connectivity index is 1.63. The number of likely N-dealkylation sites (tertiary alicyclic amines) is 1. The fraction of sp³-hybridized carbons (Fsp3) is 0.429. The first-order chi connectivity index (χ1) is 11.0. The van der Waals surface area contributed by atoms with Crippen molar-refractivity contribution in [1.29, 1.82) is 0 Å². The summed E-state index contributed by atoms with van der Waals surface area (Å²) in [5, 5.41) is 0. The molecule has 3 rings (SSSR count). The molecule has 2 aromatic rings. The second-order valence-corrected chi connectivity index (χ2v) is 5.55. The highest BCUT2D eigenvalue weighted by atomic mass is 16.5. The summed E-state index contributed by atoms with van der Waals surface area (Å²) in [6.07, 6.45) is 5.15. The largest absolute Gasteiger partial charge is 0.471 e. The van der Waals surface area contributed by atoms with Gasteiger partial charge in [0.2, 0.25) is 5.88 Å². The van der Waals surface area contributed by atoms with Crippen molar-refractivity contribution in [2.45, 2.75) is 12.5 Å². The van der Waals surface area contributed by atoms with E-state index in [2.05, 4.69) is 19.9 Å². The monoisotopic (exact) mass is 318 g/mol. The summed E-state index contributed by atoms with van der Waals surface area (Å²) in [4.78, 5) is 40.2. The van der Waals surface area contributed by atoms with Gasteiger partial charge in [-0.2, -0.15) is 4.98 Å². The van der Waals surface area contributed by atoms with Crippen LogP contribution in [0.5, 0.6) is 5.88 Å². The highest BCUT2D eigenvalue weighted by molar-refractivity contribution is 5.92. The molecule has 9 heteroatoms. The molecule has 0 saturated carbocycles. The number of rotatable bonds is 4. The van der Waals surface area contributed by atoms with E-state index in [-0.39, 0.29) is 17.7 Å². The maximum absolute atomic E-state index is 12.2. The van der Waals surface area contributed by atoms with Gasteiger partial charge in [0.1, 0.15) is 11.8 Å². The molecule has 1 aliphatic heterocycles. The van der Waals surface area contributed by atoms with E-state index in [1.807, 2.05) is 19.0 Å². The van der Waals surface area contributed by atoms with E-state index in [1.54, 1.807) is 17.3 Å². The molecule has 0 aliphatic carbocycles. The second kappa shape index (κ2) is 6.11. The van der Waals surface area contributed by atoms with Gasteiger partial charge < -0.3 is 24.5 Å². The number of hydrogen-bond donors (Lipinski definition) is 2. The van der Waals surface area contributed by atoms with Crippen LogP contribution in [-0.4, -0.2) is 64.0 Å². The Morgan fingerprint density at radius 3 is 2.96 bits per heavy atom. The van der Waals surface area contributed by atoms with E-state index < -0.39 is 5.69 Å². The fourth-order valence-electron chi connectivity index (χ4n) is 2.41. The number of nitrogens with zero attached hydrogens (tertiary/aromatic N) is 4. The number of nitrogens with one attached hydrogen (secondary N) is 2. The predicted molar refractivity (Wildman–Crippen MR) is 82.7 cm³/mol. The van der Waals surface area contributed by atoms with Gasteiger partial charge >= 0.3 is 5.69 Å². The average molecular weight is 318 g/mol. The van der Waals surface area contributed by atoms with Crippen molar-refractivity contribution in [2.24, 2.45) is 0 Å². The van der Waals surface area contributed by atoms with Gasteiger partial charge in [0, 0.05) is 33.3 Å². The van der Waals surface area contributed by atoms with Gasteiger partial charge in [-0.1, -0.05) is 0 Å². The van der Waals surface area contributed by atoms with Crippen LogP contribution in [0, 0.1) is 0 Å². The number of imidazole rings is 1. The molecular formula is C14H18N6O3. The van der Waals surface area contributed by atoms with Crippen molar-refractivity contribution in [2.75, 3.05) is 32.1 Å². The molecule has 1 amide bonds. The number of amides is 1. The van der Waals surface area contributed by atoms with Crippen molar-refractivity contribution in [3.8, 4) is 5.88 Å². The predicted octanol–water partition coefficient (Wildman–Crippen LogP) is -0.147. The number of carbonyl (C=O) groups is 1. The molecule has 2 N–H and O–H groups in total. The molecule has 0 radical (unpaired) electrons. The first kappa shape index (κ1) is 15.1. The number of anilines is 1. The minimum Gasteiger partial charge on any atom is -0.471 e. The molecule has 9 nitrogen and oxygen atoms in total. The number of H-pyrrole nitrogens is 2. The standard InChI is InChI=1S/C14H18N6O3/c1-19(2)11-6-15-7-12(18-11)23-9-3-4-20(8-9)13(21)10-5-16-14(22)17-10/h5-7,9H,3-4,8H2,1-2H3,(H2,16,17,22)/t9-/m0/s1. The van der Waals surface area contributed by atoms with Crippen LogP contribution >= 0.6 is 0 Å². The highest BCUT2D eigenvalue weighted by Crippen LogP contribution is 2.19. The first-order valence-electron chi connectivity index (χ1n) is 7.26. The van der Waals surface area contributed by atoms with Gasteiger partial charge in [0.25, 0.3) is 5.91 Å². The molecule has 0 aromatic carbocycles. The van der Waals surface area contributed by atoms with E-state index in [1.165, 1.54) is 6.20 Å². The van der Waals surface area contributed by atoms with Gasteiger partial charge in [0.15, 0.2) is 5.82 Å². The maximum Gasteiger partial charge on any atom is 0.323 e. The minimum absolute atomic E-state index is 0.142. The number of ether oxygens (including phenoxy) is 1. The number of aromatic amines is 2. The maximum atomic E-state index is 12.2. The van der Waals surface area contributed by atoms with E-state index in [4.69, 9.17) is 4.74 Å². The lowest BCUT2D eigenvalue weighted by Gasteiger charge is -2.17. The summed E-state index contributed by atoms with van der Waals surface area (Å²) in [5.74, 6) is 0.923. The smallest absolute Gasteiger partial charge is 0.323 e. The topological polar surface area (TPSA) is 107 Å². The molecular weight excluding hydrogens is 300 g/mol. The lowest BCUT2D eigenvalue weighted by Crippen LogP contribution is -2.31. The molecule has 3 heterocycles. The van der Waals surface area contributed by atoms with Gasteiger partial charge in [-0.25, -0.2) is 4.79 Å². The van der Waals surface area contributed by atoms with Crippen molar-refractivity contribution in [1.82, 2.24) is 24.8 Å². The Labute approximate surface area is 132 Å². The third kappa shape index (κ3) is 3.33. The van der Waals surface area contributed by atoms with E-state index in [9.17, 15) is 9.59 Å². The summed E-state index contributed by atoms with van der Waals surface area (Å²) in [5.41, 5.74) is -0.138. The normalized spacial score (nSPS) is 17.3. The first-order valence-corrected chi connectivity index (χ1v) is 7.26. The van der Waals surface area contributed by atoms with Crippen LogP contribution in [0.25, 0.3) is 0 Å². The van der Waals surface area contributed by atoms with Gasteiger partial charge in [0.05, 0.1) is 18.9 Å². The van der Waals surface area contributed by atoms with Crippen LogP contribution in [0.2, 0.25) is 0 Å². The van der Waals surface area contributed by atoms with Crippen molar-refractivity contribution >= 4 is 11.7 Å². The van der Waals surface area contributed by atoms with Crippen molar-refractivity contribution < 1.29 is 9.53 Å². The van der Waals surface area contributed by atoms with E-state index in [0.29, 0.717) is 31.2 Å². The Morgan fingerprint density at radius 2 is 2.26 bits per heavy atom. The zero-order valence-electron chi connectivity index (χ0n) is 12.9. The molecule has 1 aliphatic rings. The Kier molecular flexibility index (Phi) is 4.00. The molecule has 1 saturated heterocycles. The van der Waals surface area contributed by atoms with Crippen LogP contribution in [0.15, 0.2) is 23.4 Å². The Bertz CT molecular complexity index is 753. The molecule has 0 unspecified atom stereocenters. The molecule has 23 heavy (non-hydrogen) atoms. The second-order valence-electron chi connectivity index (χ2n) is 5.55. The fourth-order valence-corrected chi connectivity index (χ4v) is 2.41. The van der Waals surface area contributed by atoms with Crippen LogP contribution in [0.3, 0.4) is 0 Å². The summed E-state index contributed by atoms with van der Waals surface area (Å²) in [6.45, 7) is 1.01. The average Bonchev–Trinajstić information content (AvgIpc) is 3.16. The molecule has 1 fully saturated rings. The Hall–Kier alpha value is -2.84. The summed E-state index contributed by atoms with van der Waals surface area (Å²) in [7, 11) is 3.75. The van der Waals surface area contributed by atoms with E-state index in [0.717, 1.165) is 0 Å².